The zero-order valence-corrected chi connectivity index (χ0v) is 26.2. The molecule has 2 heterocycles. The first kappa shape index (κ1) is 34.4. The maximum Gasteiger partial charge on any atom is 0.248 e. The van der Waals surface area contributed by atoms with Gasteiger partial charge in [0.25, 0.3) is 0 Å². The zero-order chi connectivity index (χ0) is 35.7. The molecule has 6 rings (SSSR count). The Balaban J connectivity index is 1.15. The predicted molar refractivity (Wildman–Crippen MR) is 169 cm³/mol. The number of H-pyrrole nitrogens is 2. The third-order valence-corrected chi connectivity index (χ3v) is 8.59. The Kier molecular flexibility index (Phi) is 9.73. The molecule has 0 fully saturated rings. The second-order valence-electron chi connectivity index (χ2n) is 10.1. The van der Waals surface area contributed by atoms with Gasteiger partial charge in [0.2, 0.25) is 11.8 Å². The van der Waals surface area contributed by atoms with Crippen LogP contribution in [0.15, 0.2) is 58.8 Å². The number of benzene rings is 4. The van der Waals surface area contributed by atoms with Crippen molar-refractivity contribution < 1.29 is 44.7 Å². The minimum Gasteiger partial charge on any atom is -0.333 e. The lowest BCUT2D eigenvalue weighted by Gasteiger charge is -2.17. The van der Waals surface area contributed by atoms with Crippen molar-refractivity contribution in [1.82, 2.24) is 30.8 Å². The summed E-state index contributed by atoms with van der Waals surface area (Å²) in [6.07, 6.45) is 0. The van der Waals surface area contributed by atoms with Crippen LogP contribution in [-0.4, -0.2) is 43.3 Å². The number of imidazole rings is 2. The number of halogens is 8. The van der Waals surface area contributed by atoms with Gasteiger partial charge in [0.05, 0.1) is 44.7 Å². The summed E-state index contributed by atoms with van der Waals surface area (Å²) in [7, 11) is 0. The number of amides is 2. The molecule has 0 atom stereocenters. The third kappa shape index (κ3) is 6.70. The molecule has 0 aliphatic rings. The van der Waals surface area contributed by atoms with Crippen molar-refractivity contribution in [3.8, 4) is 11.1 Å². The number of hydrazine groups is 2. The van der Waals surface area contributed by atoms with E-state index in [1.165, 1.54) is 0 Å². The molecular formula is C30H18F8N8O2S2. The molecule has 20 heteroatoms. The van der Waals surface area contributed by atoms with E-state index in [4.69, 9.17) is 0 Å². The predicted octanol–water partition coefficient (Wildman–Crippen LogP) is 6.69. The number of rotatable bonds is 11. The van der Waals surface area contributed by atoms with Gasteiger partial charge in [0.15, 0.2) is 56.9 Å². The lowest BCUT2D eigenvalue weighted by molar-refractivity contribution is -0.118. The number of aromatic amines is 2. The number of nitrogens with one attached hydrogen (secondary N) is 6. The molecule has 0 aliphatic heterocycles. The first-order valence-corrected chi connectivity index (χ1v) is 15.9. The number of aromatic nitrogens is 4. The van der Waals surface area contributed by atoms with Crippen LogP contribution >= 0.6 is 23.5 Å². The number of anilines is 2. The molecule has 0 spiro atoms. The second-order valence-corrected chi connectivity index (χ2v) is 12.0. The summed E-state index contributed by atoms with van der Waals surface area (Å²) in [6, 6.07) is 13.8. The highest BCUT2D eigenvalue weighted by Crippen LogP contribution is 2.40. The van der Waals surface area contributed by atoms with Crippen LogP contribution in [0.4, 0.5) is 46.5 Å². The largest absolute Gasteiger partial charge is 0.333 e. The van der Waals surface area contributed by atoms with Crippen LogP contribution in [0, 0.1) is 46.5 Å². The van der Waals surface area contributed by atoms with Crippen LogP contribution in [0.1, 0.15) is 0 Å². The Labute approximate surface area is 282 Å². The van der Waals surface area contributed by atoms with E-state index in [0.29, 0.717) is 32.4 Å². The van der Waals surface area contributed by atoms with Crippen molar-refractivity contribution in [2.75, 3.05) is 22.4 Å². The van der Waals surface area contributed by atoms with Gasteiger partial charge in [-0.05, 0) is 24.3 Å². The molecule has 0 aliphatic carbocycles. The van der Waals surface area contributed by atoms with Gasteiger partial charge in [-0.2, -0.15) is 0 Å². The first-order chi connectivity index (χ1) is 23.9. The highest BCUT2D eigenvalue weighted by Gasteiger charge is 2.34. The highest BCUT2D eigenvalue weighted by molar-refractivity contribution is 8.00. The molecule has 0 bridgehead atoms. The van der Waals surface area contributed by atoms with E-state index in [2.05, 4.69) is 19.9 Å². The average Bonchev–Trinajstić information content (AvgIpc) is 3.73. The van der Waals surface area contributed by atoms with Gasteiger partial charge < -0.3 is 9.97 Å². The summed E-state index contributed by atoms with van der Waals surface area (Å²) >= 11 is 1.75. The Hall–Kier alpha value is -5.50. The Morgan fingerprint density at radius 2 is 0.880 bits per heavy atom. The second kappa shape index (κ2) is 14.2. The normalized spacial score (nSPS) is 11.3. The van der Waals surface area contributed by atoms with Gasteiger partial charge >= 0.3 is 0 Å². The van der Waals surface area contributed by atoms with E-state index >= 15 is 17.6 Å². The Bertz CT molecular complexity index is 2020. The lowest BCUT2D eigenvalue weighted by Crippen LogP contribution is -2.32. The monoisotopic (exact) mass is 738 g/mol. The van der Waals surface area contributed by atoms with E-state index < -0.39 is 92.4 Å². The minimum atomic E-state index is -2.45. The molecular weight excluding hydrogens is 721 g/mol. The number of carbonyl (C=O) groups is 2. The van der Waals surface area contributed by atoms with E-state index in [-0.39, 0.29) is 0 Å². The molecule has 2 aromatic heterocycles. The van der Waals surface area contributed by atoms with Crippen LogP contribution in [0.5, 0.6) is 0 Å². The van der Waals surface area contributed by atoms with Crippen LogP contribution in [0.2, 0.25) is 0 Å². The van der Waals surface area contributed by atoms with Gasteiger partial charge in [0, 0.05) is 0 Å². The van der Waals surface area contributed by atoms with Crippen LogP contribution < -0.4 is 21.7 Å². The van der Waals surface area contributed by atoms with Crippen molar-refractivity contribution in [3.05, 3.63) is 95.1 Å². The molecule has 0 unspecified atom stereocenters. The maximum absolute atomic E-state index is 15.0. The molecule has 0 saturated carbocycles. The number of fused-ring (bicyclic) bond motifs is 2. The molecule has 0 saturated heterocycles. The molecule has 258 valence electrons. The Morgan fingerprint density at radius 1 is 0.540 bits per heavy atom. The summed E-state index contributed by atoms with van der Waals surface area (Å²) < 4.78 is 120. The number of thioether (sulfide) groups is 2. The molecule has 10 nitrogen and oxygen atoms in total. The smallest absolute Gasteiger partial charge is 0.248 e. The molecule has 50 heavy (non-hydrogen) atoms. The summed E-state index contributed by atoms with van der Waals surface area (Å²) in [5, 5.41) is 0.621. The van der Waals surface area contributed by atoms with Crippen molar-refractivity contribution >= 4 is 68.8 Å². The van der Waals surface area contributed by atoms with Gasteiger partial charge in [0.1, 0.15) is 11.4 Å². The van der Waals surface area contributed by atoms with Crippen molar-refractivity contribution in [2.24, 2.45) is 0 Å². The van der Waals surface area contributed by atoms with Crippen molar-refractivity contribution in [1.29, 1.82) is 0 Å². The molecule has 4 aromatic carbocycles. The quantitative estimate of drug-likeness (QED) is 0.0374. The van der Waals surface area contributed by atoms with Gasteiger partial charge in [-0.3, -0.25) is 31.3 Å². The third-order valence-electron chi connectivity index (χ3n) is 6.85. The summed E-state index contributed by atoms with van der Waals surface area (Å²) in [6.45, 7) is 0. The average molecular weight is 739 g/mol. The van der Waals surface area contributed by atoms with E-state index in [9.17, 15) is 27.2 Å². The molecule has 0 radical (unpaired) electrons. The summed E-state index contributed by atoms with van der Waals surface area (Å²) in [4.78, 5) is 38.7. The standard InChI is InChI=1S/C30H18F8N8O2S2/c31-19-17(20(32)24(36)27(23(19)35)45-43-15(47)9-49-29-39-11-5-1-2-6-12(11)40-29)18-21(33)25(37)28(26(38)22(18)34)46-44-16(48)10-50-30-41-13-7-3-4-8-14(13)42-30/h1-8,45-46H,9-10H2,(H,39,40)(H,41,42)(H,43,47)(H,44,48). The van der Waals surface area contributed by atoms with Crippen LogP contribution in [-0.2, 0) is 9.59 Å². The van der Waals surface area contributed by atoms with Gasteiger partial charge in [-0.1, -0.05) is 47.8 Å². The minimum absolute atomic E-state index is 0.310. The van der Waals surface area contributed by atoms with Gasteiger partial charge in [-0.15, -0.1) is 0 Å². The summed E-state index contributed by atoms with van der Waals surface area (Å²) in [5.41, 5.74) is 1.98. The fraction of sp³-hybridized carbons (Fsp3) is 0.0667. The fourth-order valence-electron chi connectivity index (χ4n) is 4.52. The van der Waals surface area contributed by atoms with Gasteiger partial charge in [-0.25, -0.2) is 45.1 Å². The number of para-hydroxylation sites is 4. The number of carbonyl (C=O) groups excluding carboxylic acids is 2. The number of nitrogens with zero attached hydrogens (tertiary/aromatic N) is 2. The highest BCUT2D eigenvalue weighted by atomic mass is 32.2. The lowest BCUT2D eigenvalue weighted by atomic mass is 10.00. The maximum atomic E-state index is 15.0. The van der Waals surface area contributed by atoms with Crippen LogP contribution in [0.3, 0.4) is 0 Å². The summed E-state index contributed by atoms with van der Waals surface area (Å²) in [5.74, 6) is -21.6. The molecule has 6 aromatic rings. The van der Waals surface area contributed by atoms with Crippen LogP contribution in [0.25, 0.3) is 33.2 Å². The van der Waals surface area contributed by atoms with E-state index in [1.54, 1.807) is 59.4 Å². The topological polar surface area (TPSA) is 140 Å². The van der Waals surface area contributed by atoms with Crippen molar-refractivity contribution in [2.45, 2.75) is 10.3 Å². The fourth-order valence-corrected chi connectivity index (χ4v) is 5.89. The Morgan fingerprint density at radius 3 is 1.22 bits per heavy atom. The van der Waals surface area contributed by atoms with Crippen molar-refractivity contribution in [3.63, 3.8) is 0 Å². The first-order valence-electron chi connectivity index (χ1n) is 13.9. The molecule has 6 N–H and O–H groups in total. The number of hydrogen-bond acceptors (Lipinski definition) is 8. The van der Waals surface area contributed by atoms with E-state index in [0.717, 1.165) is 23.5 Å². The SMILES string of the molecule is O=C(CSc1nc2ccccc2[nH]1)NNc1c(F)c(F)c(-c2c(F)c(F)c(NNC(=O)CSc3nc4ccccc4[nH]3)c(F)c2F)c(F)c1F. The van der Waals surface area contributed by atoms with E-state index in [1.807, 2.05) is 10.9 Å². The molecule has 2 amide bonds. The zero-order valence-electron chi connectivity index (χ0n) is 24.6. The number of hydrogen-bond donors (Lipinski definition) is 6.